The lowest BCUT2D eigenvalue weighted by Gasteiger charge is -2.14. The van der Waals surface area contributed by atoms with E-state index in [1.54, 1.807) is 49.4 Å². The Balaban J connectivity index is 1.72. The maximum absolute atomic E-state index is 12.1. The molecular weight excluding hydrogens is 380 g/mol. The summed E-state index contributed by atoms with van der Waals surface area (Å²) in [6.07, 6.45) is 0.163. The molecule has 0 radical (unpaired) electrons. The van der Waals surface area contributed by atoms with Crippen LogP contribution in [0.25, 0.3) is 0 Å². The number of hydrogen-bond acceptors (Lipinski definition) is 5. The zero-order chi connectivity index (χ0) is 20.4. The number of hydrogen-bond donors (Lipinski definition) is 3. The highest BCUT2D eigenvalue weighted by molar-refractivity contribution is 7.89. The number of carboxylic acids is 1. The first kappa shape index (κ1) is 21.9. The van der Waals surface area contributed by atoms with Crippen molar-refractivity contribution in [3.8, 4) is 5.75 Å². The minimum absolute atomic E-state index is 0.256. The highest BCUT2D eigenvalue weighted by Gasteiger charge is 2.16. The Hall–Kier alpha value is -2.42. The van der Waals surface area contributed by atoms with Crippen molar-refractivity contribution in [1.82, 2.24) is 10.0 Å². The predicted molar refractivity (Wildman–Crippen MR) is 107 cm³/mol. The zero-order valence-corrected chi connectivity index (χ0v) is 16.6. The molecule has 1 unspecified atom stereocenters. The third kappa shape index (κ3) is 6.95. The summed E-state index contributed by atoms with van der Waals surface area (Å²) in [6, 6.07) is 15.5. The van der Waals surface area contributed by atoms with Crippen molar-refractivity contribution < 1.29 is 23.1 Å². The molecule has 0 bridgehead atoms. The quantitative estimate of drug-likeness (QED) is 0.468. The Morgan fingerprint density at radius 3 is 2.54 bits per heavy atom. The summed E-state index contributed by atoms with van der Waals surface area (Å²) < 4.78 is 32.3. The molecular formula is C20H26N2O5S. The van der Waals surface area contributed by atoms with Gasteiger partial charge in [0.15, 0.2) is 6.10 Å². The Morgan fingerprint density at radius 1 is 1.11 bits per heavy atom. The average molecular weight is 407 g/mol. The summed E-state index contributed by atoms with van der Waals surface area (Å²) in [6.45, 7) is 3.31. The number of ether oxygens (including phenoxy) is 1. The maximum atomic E-state index is 12.1. The normalized spacial score (nSPS) is 12.5. The van der Waals surface area contributed by atoms with Gasteiger partial charge in [-0.2, -0.15) is 0 Å². The van der Waals surface area contributed by atoms with E-state index < -0.39 is 22.1 Å². The van der Waals surface area contributed by atoms with Gasteiger partial charge in [-0.25, -0.2) is 17.9 Å². The van der Waals surface area contributed by atoms with E-state index in [0.29, 0.717) is 38.2 Å². The summed E-state index contributed by atoms with van der Waals surface area (Å²) in [7, 11) is -3.47. The summed E-state index contributed by atoms with van der Waals surface area (Å²) in [5.74, 6) is -0.465. The number of nitrogens with one attached hydrogen (secondary N) is 2. The highest BCUT2D eigenvalue weighted by atomic mass is 32.2. The molecule has 2 aromatic carbocycles. The van der Waals surface area contributed by atoms with Gasteiger partial charge in [-0.1, -0.05) is 37.3 Å². The third-order valence-corrected chi connectivity index (χ3v) is 5.50. The standard InChI is InChI=1S/C20H26N2O5S/c1-2-19(20(23)24)27-17-9-6-8-16(14-17)15-21-12-7-13-22-28(25,26)18-10-4-3-5-11-18/h3-6,8-11,14,19,21-22H,2,7,12-13,15H2,1H3,(H,23,24). The molecule has 28 heavy (non-hydrogen) atoms. The SMILES string of the molecule is CCC(Oc1cccc(CNCCCNS(=O)(=O)c2ccccc2)c1)C(=O)O. The molecule has 0 saturated heterocycles. The van der Waals surface area contributed by atoms with E-state index in [9.17, 15) is 13.2 Å². The highest BCUT2D eigenvalue weighted by Crippen LogP contribution is 2.16. The van der Waals surface area contributed by atoms with Gasteiger partial charge >= 0.3 is 5.97 Å². The van der Waals surface area contributed by atoms with Crippen LogP contribution in [-0.4, -0.2) is 38.7 Å². The summed E-state index contributed by atoms with van der Waals surface area (Å²) in [5.41, 5.74) is 0.961. The molecule has 7 nitrogen and oxygen atoms in total. The van der Waals surface area contributed by atoms with Gasteiger partial charge in [0.25, 0.3) is 0 Å². The first-order valence-corrected chi connectivity index (χ1v) is 10.6. The molecule has 0 heterocycles. The van der Waals surface area contributed by atoms with E-state index in [-0.39, 0.29) is 4.90 Å². The van der Waals surface area contributed by atoms with Gasteiger partial charge < -0.3 is 15.2 Å². The summed E-state index contributed by atoms with van der Waals surface area (Å²) in [5, 5.41) is 12.3. The lowest BCUT2D eigenvalue weighted by molar-refractivity contribution is -0.145. The fraction of sp³-hybridized carbons (Fsp3) is 0.350. The van der Waals surface area contributed by atoms with Crippen LogP contribution in [0.2, 0.25) is 0 Å². The van der Waals surface area contributed by atoms with E-state index in [4.69, 9.17) is 9.84 Å². The largest absolute Gasteiger partial charge is 0.479 e. The van der Waals surface area contributed by atoms with Crippen molar-refractivity contribution in [3.63, 3.8) is 0 Å². The lowest BCUT2D eigenvalue weighted by Crippen LogP contribution is -2.27. The van der Waals surface area contributed by atoms with Crippen molar-refractivity contribution in [1.29, 1.82) is 0 Å². The second-order valence-corrected chi connectivity index (χ2v) is 8.01. The second kappa shape index (κ2) is 10.8. The van der Waals surface area contributed by atoms with Crippen LogP contribution >= 0.6 is 0 Å². The lowest BCUT2D eigenvalue weighted by atomic mass is 10.2. The number of rotatable bonds is 12. The smallest absolute Gasteiger partial charge is 0.344 e. The van der Waals surface area contributed by atoms with Gasteiger partial charge in [-0.15, -0.1) is 0 Å². The van der Waals surface area contributed by atoms with E-state index in [1.165, 1.54) is 0 Å². The number of carboxylic acid groups (broad SMARTS) is 1. The van der Waals surface area contributed by atoms with Crippen LogP contribution in [0.4, 0.5) is 0 Å². The van der Waals surface area contributed by atoms with E-state index >= 15 is 0 Å². The van der Waals surface area contributed by atoms with Crippen LogP contribution in [-0.2, 0) is 21.4 Å². The van der Waals surface area contributed by atoms with Crippen LogP contribution in [0.1, 0.15) is 25.3 Å². The van der Waals surface area contributed by atoms with Gasteiger partial charge in [0.1, 0.15) is 5.75 Å². The maximum Gasteiger partial charge on any atom is 0.344 e. The number of sulfonamides is 1. The summed E-state index contributed by atoms with van der Waals surface area (Å²) >= 11 is 0. The molecule has 0 fully saturated rings. The van der Waals surface area contributed by atoms with Crippen molar-refractivity contribution in [2.24, 2.45) is 0 Å². The van der Waals surface area contributed by atoms with Gasteiger partial charge in [0, 0.05) is 13.1 Å². The van der Waals surface area contributed by atoms with Crippen molar-refractivity contribution >= 4 is 16.0 Å². The monoisotopic (exact) mass is 406 g/mol. The van der Waals surface area contributed by atoms with Crippen LogP contribution < -0.4 is 14.8 Å². The van der Waals surface area contributed by atoms with E-state index in [1.807, 2.05) is 12.1 Å². The van der Waals surface area contributed by atoms with E-state index in [0.717, 1.165) is 5.56 Å². The molecule has 0 aliphatic rings. The molecule has 3 N–H and O–H groups in total. The average Bonchev–Trinajstić information content (AvgIpc) is 2.69. The molecule has 1 atom stereocenters. The first-order chi connectivity index (χ1) is 13.4. The number of aliphatic carboxylic acids is 1. The molecule has 0 aliphatic carbocycles. The molecule has 0 amide bonds. The second-order valence-electron chi connectivity index (χ2n) is 6.24. The minimum atomic E-state index is -3.47. The third-order valence-electron chi connectivity index (χ3n) is 4.03. The van der Waals surface area contributed by atoms with Gasteiger partial charge in [0.05, 0.1) is 4.90 Å². The van der Waals surface area contributed by atoms with Crippen molar-refractivity contribution in [2.75, 3.05) is 13.1 Å². The van der Waals surface area contributed by atoms with Crippen LogP contribution in [0.15, 0.2) is 59.5 Å². The minimum Gasteiger partial charge on any atom is -0.479 e. The Morgan fingerprint density at radius 2 is 1.86 bits per heavy atom. The fourth-order valence-corrected chi connectivity index (χ4v) is 3.63. The van der Waals surface area contributed by atoms with Gasteiger partial charge in [-0.05, 0) is 49.2 Å². The molecule has 8 heteroatoms. The molecule has 0 aliphatic heterocycles. The van der Waals surface area contributed by atoms with E-state index in [2.05, 4.69) is 10.0 Å². The topological polar surface area (TPSA) is 105 Å². The molecule has 152 valence electrons. The molecule has 0 saturated carbocycles. The summed E-state index contributed by atoms with van der Waals surface area (Å²) in [4.78, 5) is 11.3. The Kier molecular flexibility index (Phi) is 8.43. The van der Waals surface area contributed by atoms with Crippen molar-refractivity contribution in [3.05, 3.63) is 60.2 Å². The van der Waals surface area contributed by atoms with Crippen LogP contribution in [0.5, 0.6) is 5.75 Å². The molecule has 2 rings (SSSR count). The van der Waals surface area contributed by atoms with Gasteiger partial charge in [0.2, 0.25) is 10.0 Å². The van der Waals surface area contributed by atoms with Crippen LogP contribution in [0, 0.1) is 0 Å². The molecule has 0 aromatic heterocycles. The molecule has 2 aromatic rings. The number of benzene rings is 2. The number of carbonyl (C=O) groups is 1. The van der Waals surface area contributed by atoms with Crippen LogP contribution in [0.3, 0.4) is 0 Å². The fourth-order valence-electron chi connectivity index (χ4n) is 2.54. The Bertz CT molecular complexity index is 856. The first-order valence-electron chi connectivity index (χ1n) is 9.16. The molecule has 0 spiro atoms. The zero-order valence-electron chi connectivity index (χ0n) is 15.8. The van der Waals surface area contributed by atoms with Gasteiger partial charge in [-0.3, -0.25) is 0 Å². The van der Waals surface area contributed by atoms with Crippen molar-refractivity contribution in [2.45, 2.75) is 37.3 Å². The Labute approximate surface area is 165 Å². The predicted octanol–water partition coefficient (Wildman–Crippen LogP) is 2.39.